The number of carbonyl (C=O) groups excluding carboxylic acids is 1. The second kappa shape index (κ2) is 6.81. The maximum atomic E-state index is 12.1. The van der Waals surface area contributed by atoms with Gasteiger partial charge in [0.25, 0.3) is 0 Å². The third-order valence-electron chi connectivity index (χ3n) is 3.37. The first-order chi connectivity index (χ1) is 10.3. The van der Waals surface area contributed by atoms with Crippen LogP contribution in [0.25, 0.3) is 0 Å². The standard InChI is InChI=1S/C14H17NO4S2/c16-5-7-20-6-4-15-12(17)8-21-14(15)10-2-1-3-11-13(10)19-9-18-11/h1-3,14,16H,4-9H2. The zero-order valence-electron chi connectivity index (χ0n) is 11.5. The molecule has 1 amide bonds. The summed E-state index contributed by atoms with van der Waals surface area (Å²) in [6.45, 7) is 1.10. The van der Waals surface area contributed by atoms with Crippen LogP contribution in [0.3, 0.4) is 0 Å². The van der Waals surface area contributed by atoms with Crippen molar-refractivity contribution < 1.29 is 19.4 Å². The zero-order valence-corrected chi connectivity index (χ0v) is 13.1. The average molecular weight is 327 g/mol. The minimum atomic E-state index is -0.0103. The highest BCUT2D eigenvalue weighted by Gasteiger charge is 2.35. The van der Waals surface area contributed by atoms with E-state index in [0.29, 0.717) is 18.1 Å². The molecule has 3 rings (SSSR count). The lowest BCUT2D eigenvalue weighted by atomic mass is 10.1. The minimum absolute atomic E-state index is 0.0103. The number of ether oxygens (including phenoxy) is 2. The molecule has 114 valence electrons. The lowest BCUT2D eigenvalue weighted by molar-refractivity contribution is -0.127. The molecule has 1 atom stereocenters. The number of nitrogens with zero attached hydrogens (tertiary/aromatic N) is 1. The summed E-state index contributed by atoms with van der Waals surface area (Å²) >= 11 is 3.28. The summed E-state index contributed by atoms with van der Waals surface area (Å²) in [4.78, 5) is 14.0. The molecule has 1 unspecified atom stereocenters. The van der Waals surface area contributed by atoms with E-state index < -0.39 is 0 Å². The second-order valence-corrected chi connectivity index (χ2v) is 6.96. The fourth-order valence-corrected chi connectivity index (χ4v) is 4.32. The van der Waals surface area contributed by atoms with E-state index in [1.807, 2.05) is 23.1 Å². The largest absolute Gasteiger partial charge is 0.454 e. The number of para-hydroxylation sites is 1. The van der Waals surface area contributed by atoms with E-state index in [0.717, 1.165) is 22.8 Å². The van der Waals surface area contributed by atoms with Gasteiger partial charge in [-0.05, 0) is 6.07 Å². The summed E-state index contributed by atoms with van der Waals surface area (Å²) in [5, 5.41) is 8.80. The van der Waals surface area contributed by atoms with Crippen molar-refractivity contribution in [3.8, 4) is 11.5 Å². The second-order valence-electron chi connectivity index (χ2n) is 4.67. The summed E-state index contributed by atoms with van der Waals surface area (Å²) < 4.78 is 11.0. The first-order valence-electron chi connectivity index (χ1n) is 6.79. The Morgan fingerprint density at radius 2 is 2.29 bits per heavy atom. The van der Waals surface area contributed by atoms with Crippen molar-refractivity contribution in [2.24, 2.45) is 0 Å². The Morgan fingerprint density at radius 3 is 3.14 bits per heavy atom. The van der Waals surface area contributed by atoms with Crippen LogP contribution in [0.2, 0.25) is 0 Å². The van der Waals surface area contributed by atoms with Gasteiger partial charge < -0.3 is 19.5 Å². The first-order valence-corrected chi connectivity index (χ1v) is 9.00. The molecule has 2 aliphatic rings. The number of amides is 1. The molecule has 1 fully saturated rings. The zero-order chi connectivity index (χ0) is 14.7. The Labute approximate surface area is 132 Å². The molecule has 0 radical (unpaired) electrons. The van der Waals surface area contributed by atoms with Gasteiger partial charge in [-0.25, -0.2) is 0 Å². The molecular formula is C14H17NO4S2. The van der Waals surface area contributed by atoms with Crippen molar-refractivity contribution in [3.05, 3.63) is 23.8 Å². The highest BCUT2D eigenvalue weighted by Crippen LogP contribution is 2.46. The number of carbonyl (C=O) groups is 1. The third kappa shape index (κ3) is 3.09. The van der Waals surface area contributed by atoms with E-state index >= 15 is 0 Å². The molecule has 1 N–H and O–H groups in total. The molecule has 5 nitrogen and oxygen atoms in total. The number of hydrogen-bond donors (Lipinski definition) is 1. The van der Waals surface area contributed by atoms with E-state index in [2.05, 4.69) is 0 Å². The quantitative estimate of drug-likeness (QED) is 0.803. The maximum absolute atomic E-state index is 12.1. The highest BCUT2D eigenvalue weighted by atomic mass is 32.2. The molecule has 1 saturated heterocycles. The monoisotopic (exact) mass is 327 g/mol. The normalized spacial score (nSPS) is 20.3. The van der Waals surface area contributed by atoms with Crippen LogP contribution in [0.4, 0.5) is 0 Å². The minimum Gasteiger partial charge on any atom is -0.454 e. The van der Waals surface area contributed by atoms with Gasteiger partial charge in [0, 0.05) is 23.6 Å². The van der Waals surface area contributed by atoms with E-state index in [9.17, 15) is 4.79 Å². The Morgan fingerprint density at radius 1 is 1.38 bits per heavy atom. The van der Waals surface area contributed by atoms with Crippen LogP contribution in [-0.2, 0) is 4.79 Å². The third-order valence-corrected chi connectivity index (χ3v) is 5.55. The van der Waals surface area contributed by atoms with Crippen molar-refractivity contribution in [1.29, 1.82) is 0 Å². The molecule has 0 aromatic heterocycles. The molecule has 1 aromatic rings. The van der Waals surface area contributed by atoms with Gasteiger partial charge in [0.2, 0.25) is 12.7 Å². The maximum Gasteiger partial charge on any atom is 0.233 e. The Bertz CT molecular complexity index is 526. The fourth-order valence-electron chi connectivity index (χ4n) is 2.43. The summed E-state index contributed by atoms with van der Waals surface area (Å²) in [5.41, 5.74) is 1.01. The van der Waals surface area contributed by atoms with Crippen molar-refractivity contribution >= 4 is 29.4 Å². The number of aliphatic hydroxyl groups is 1. The van der Waals surface area contributed by atoms with Gasteiger partial charge >= 0.3 is 0 Å². The molecule has 0 aliphatic carbocycles. The average Bonchev–Trinajstić information content (AvgIpc) is 3.10. The van der Waals surface area contributed by atoms with Gasteiger partial charge in [-0.1, -0.05) is 12.1 Å². The van der Waals surface area contributed by atoms with Crippen LogP contribution in [0.15, 0.2) is 18.2 Å². The van der Waals surface area contributed by atoms with Gasteiger partial charge in [-0.3, -0.25) is 4.79 Å². The van der Waals surface area contributed by atoms with Crippen molar-refractivity contribution in [2.75, 3.05) is 37.2 Å². The van der Waals surface area contributed by atoms with Gasteiger partial charge in [0.05, 0.1) is 12.4 Å². The molecule has 2 heterocycles. The van der Waals surface area contributed by atoms with Gasteiger partial charge in [-0.15, -0.1) is 11.8 Å². The smallest absolute Gasteiger partial charge is 0.233 e. The topological polar surface area (TPSA) is 59.0 Å². The predicted molar refractivity (Wildman–Crippen MR) is 83.9 cm³/mol. The van der Waals surface area contributed by atoms with Gasteiger partial charge in [-0.2, -0.15) is 11.8 Å². The molecule has 0 bridgehead atoms. The molecule has 1 aromatic carbocycles. The van der Waals surface area contributed by atoms with Crippen molar-refractivity contribution in [3.63, 3.8) is 0 Å². The molecule has 0 spiro atoms. The predicted octanol–water partition coefficient (Wildman–Crippen LogP) is 1.71. The summed E-state index contributed by atoms with van der Waals surface area (Å²) in [7, 11) is 0. The van der Waals surface area contributed by atoms with Gasteiger partial charge in [0.1, 0.15) is 5.37 Å². The highest BCUT2D eigenvalue weighted by molar-refractivity contribution is 8.00. The van der Waals surface area contributed by atoms with Crippen LogP contribution in [0.1, 0.15) is 10.9 Å². The summed E-state index contributed by atoms with van der Waals surface area (Å²) in [5.74, 6) is 3.71. The van der Waals surface area contributed by atoms with Crippen LogP contribution in [0.5, 0.6) is 11.5 Å². The summed E-state index contributed by atoms with van der Waals surface area (Å²) in [6, 6.07) is 5.82. The SMILES string of the molecule is O=C1CSC(c2cccc3c2OCO3)N1CCSCCO. The molecule has 7 heteroatoms. The van der Waals surface area contributed by atoms with Crippen LogP contribution < -0.4 is 9.47 Å². The fraction of sp³-hybridized carbons (Fsp3) is 0.500. The lowest BCUT2D eigenvalue weighted by Gasteiger charge is -2.24. The number of rotatable bonds is 6. The number of aliphatic hydroxyl groups excluding tert-OH is 1. The summed E-state index contributed by atoms with van der Waals surface area (Å²) in [6.07, 6.45) is 0. The molecule has 2 aliphatic heterocycles. The molecule has 21 heavy (non-hydrogen) atoms. The number of fused-ring (bicyclic) bond motifs is 1. The first kappa shape index (κ1) is 14.9. The lowest BCUT2D eigenvalue weighted by Crippen LogP contribution is -2.30. The number of benzene rings is 1. The Balaban J connectivity index is 1.74. The van der Waals surface area contributed by atoms with Crippen LogP contribution >= 0.6 is 23.5 Å². The molecule has 0 saturated carbocycles. The van der Waals surface area contributed by atoms with E-state index in [4.69, 9.17) is 14.6 Å². The van der Waals surface area contributed by atoms with E-state index in [1.54, 1.807) is 23.5 Å². The number of thioether (sulfide) groups is 2. The van der Waals surface area contributed by atoms with Gasteiger partial charge in [0.15, 0.2) is 11.5 Å². The van der Waals surface area contributed by atoms with Crippen molar-refractivity contribution in [2.45, 2.75) is 5.37 Å². The van der Waals surface area contributed by atoms with Crippen LogP contribution in [0, 0.1) is 0 Å². The number of hydrogen-bond acceptors (Lipinski definition) is 6. The molecular weight excluding hydrogens is 310 g/mol. The van der Waals surface area contributed by atoms with E-state index in [-0.39, 0.29) is 24.7 Å². The van der Waals surface area contributed by atoms with E-state index in [1.165, 1.54) is 0 Å². The Hall–Kier alpha value is -1.05. The van der Waals surface area contributed by atoms with Crippen molar-refractivity contribution in [1.82, 2.24) is 4.90 Å². The van der Waals surface area contributed by atoms with Crippen LogP contribution in [-0.4, -0.2) is 53.1 Å². The Kier molecular flexibility index (Phi) is 4.82.